The van der Waals surface area contributed by atoms with Crippen molar-refractivity contribution in [1.82, 2.24) is 5.32 Å². The zero-order valence-electron chi connectivity index (χ0n) is 12.4. The van der Waals surface area contributed by atoms with E-state index in [1.807, 2.05) is 13.0 Å². The third kappa shape index (κ3) is 3.36. The molecule has 1 aliphatic rings. The Hall–Kier alpha value is -0.890. The van der Waals surface area contributed by atoms with Crippen LogP contribution in [0.3, 0.4) is 0 Å². The monoisotopic (exact) mass is 263 g/mol. The van der Waals surface area contributed by atoms with Crippen molar-refractivity contribution in [3.63, 3.8) is 0 Å². The minimum atomic E-state index is -0.130. The highest BCUT2D eigenvalue weighted by molar-refractivity contribution is 5.30. The summed E-state index contributed by atoms with van der Waals surface area (Å²) in [6.07, 6.45) is 5.09. The van der Waals surface area contributed by atoms with Crippen molar-refractivity contribution in [2.45, 2.75) is 52.5 Å². The predicted molar refractivity (Wildman–Crippen MR) is 78.7 cm³/mol. The van der Waals surface area contributed by atoms with E-state index >= 15 is 0 Å². The Labute approximate surface area is 116 Å². The molecule has 0 aromatic heterocycles. The lowest BCUT2D eigenvalue weighted by atomic mass is 9.84. The van der Waals surface area contributed by atoms with E-state index in [-0.39, 0.29) is 5.82 Å². The first-order valence-electron chi connectivity index (χ1n) is 7.63. The number of nitrogens with one attached hydrogen (secondary N) is 1. The SMILES string of the molecule is CCCNC(c1ccc(F)cc1C)C1CCCC1C. The average Bonchev–Trinajstić information content (AvgIpc) is 2.78. The van der Waals surface area contributed by atoms with E-state index < -0.39 is 0 Å². The number of hydrogen-bond donors (Lipinski definition) is 1. The van der Waals surface area contributed by atoms with Gasteiger partial charge in [0.1, 0.15) is 5.82 Å². The van der Waals surface area contributed by atoms with Crippen LogP contribution in [0.15, 0.2) is 18.2 Å². The van der Waals surface area contributed by atoms with E-state index in [9.17, 15) is 4.39 Å². The van der Waals surface area contributed by atoms with Gasteiger partial charge in [-0.2, -0.15) is 0 Å². The molecule has 0 saturated heterocycles. The minimum absolute atomic E-state index is 0.130. The Morgan fingerprint density at radius 3 is 2.74 bits per heavy atom. The lowest BCUT2D eigenvalue weighted by Crippen LogP contribution is -2.31. The van der Waals surface area contributed by atoms with E-state index in [0.717, 1.165) is 24.4 Å². The van der Waals surface area contributed by atoms with Crippen molar-refractivity contribution >= 4 is 0 Å². The van der Waals surface area contributed by atoms with Crippen LogP contribution in [-0.4, -0.2) is 6.54 Å². The third-order valence-electron chi connectivity index (χ3n) is 4.54. The molecule has 1 aliphatic carbocycles. The highest BCUT2D eigenvalue weighted by Gasteiger charge is 2.32. The molecule has 1 aromatic rings. The molecule has 1 saturated carbocycles. The summed E-state index contributed by atoms with van der Waals surface area (Å²) >= 11 is 0. The normalized spacial score (nSPS) is 24.6. The molecule has 19 heavy (non-hydrogen) atoms. The summed E-state index contributed by atoms with van der Waals surface area (Å²) < 4.78 is 13.3. The summed E-state index contributed by atoms with van der Waals surface area (Å²) in [6, 6.07) is 5.62. The summed E-state index contributed by atoms with van der Waals surface area (Å²) in [7, 11) is 0. The highest BCUT2D eigenvalue weighted by Crippen LogP contribution is 2.40. The topological polar surface area (TPSA) is 12.0 Å². The van der Waals surface area contributed by atoms with Gasteiger partial charge in [0, 0.05) is 6.04 Å². The standard InChI is InChI=1S/C17H26FN/c1-4-10-19-17(15-7-5-6-12(15)2)16-9-8-14(18)11-13(16)3/h8-9,11-12,15,17,19H,4-7,10H2,1-3H3. The number of benzene rings is 1. The number of rotatable bonds is 5. The van der Waals surface area contributed by atoms with Crippen LogP contribution < -0.4 is 5.32 Å². The second kappa shape index (κ2) is 6.51. The Morgan fingerprint density at radius 1 is 1.37 bits per heavy atom. The van der Waals surface area contributed by atoms with Gasteiger partial charge < -0.3 is 5.32 Å². The fraction of sp³-hybridized carbons (Fsp3) is 0.647. The first-order chi connectivity index (χ1) is 9.13. The maximum Gasteiger partial charge on any atom is 0.123 e. The molecule has 2 heteroatoms. The Morgan fingerprint density at radius 2 is 2.16 bits per heavy atom. The number of hydrogen-bond acceptors (Lipinski definition) is 1. The van der Waals surface area contributed by atoms with Gasteiger partial charge >= 0.3 is 0 Å². The highest BCUT2D eigenvalue weighted by atomic mass is 19.1. The van der Waals surface area contributed by atoms with Crippen LogP contribution in [0.5, 0.6) is 0 Å². The van der Waals surface area contributed by atoms with Crippen molar-refractivity contribution in [3.8, 4) is 0 Å². The van der Waals surface area contributed by atoms with Crippen LogP contribution in [0.25, 0.3) is 0 Å². The smallest absolute Gasteiger partial charge is 0.123 e. The van der Waals surface area contributed by atoms with Crippen LogP contribution in [0.4, 0.5) is 4.39 Å². The molecular formula is C17H26FN. The van der Waals surface area contributed by atoms with Crippen LogP contribution in [0, 0.1) is 24.6 Å². The molecule has 0 aliphatic heterocycles. The molecule has 0 spiro atoms. The van der Waals surface area contributed by atoms with Crippen molar-refractivity contribution in [2.24, 2.45) is 11.8 Å². The maximum absolute atomic E-state index is 13.3. The molecule has 0 radical (unpaired) electrons. The molecule has 1 fully saturated rings. The van der Waals surface area contributed by atoms with Crippen LogP contribution in [0.1, 0.15) is 56.7 Å². The third-order valence-corrected chi connectivity index (χ3v) is 4.54. The van der Waals surface area contributed by atoms with E-state index in [2.05, 4.69) is 19.2 Å². The average molecular weight is 263 g/mol. The van der Waals surface area contributed by atoms with Crippen molar-refractivity contribution in [3.05, 3.63) is 35.1 Å². The lowest BCUT2D eigenvalue weighted by molar-refractivity contribution is 0.301. The fourth-order valence-electron chi connectivity index (χ4n) is 3.45. The van der Waals surface area contributed by atoms with E-state index in [1.54, 1.807) is 12.1 Å². The second-order valence-corrected chi connectivity index (χ2v) is 6.00. The molecule has 0 heterocycles. The van der Waals surface area contributed by atoms with Crippen LogP contribution in [-0.2, 0) is 0 Å². The molecule has 1 nitrogen and oxygen atoms in total. The van der Waals surface area contributed by atoms with Crippen molar-refractivity contribution in [1.29, 1.82) is 0 Å². The fourth-order valence-corrected chi connectivity index (χ4v) is 3.45. The summed E-state index contributed by atoms with van der Waals surface area (Å²) in [5.41, 5.74) is 2.36. The number of aryl methyl sites for hydroxylation is 1. The van der Waals surface area contributed by atoms with Gasteiger partial charge in [-0.15, -0.1) is 0 Å². The van der Waals surface area contributed by atoms with Gasteiger partial charge in [0.15, 0.2) is 0 Å². The summed E-state index contributed by atoms with van der Waals surface area (Å²) in [5.74, 6) is 1.32. The zero-order chi connectivity index (χ0) is 13.8. The molecule has 0 amide bonds. The molecule has 106 valence electrons. The van der Waals surface area contributed by atoms with Crippen LogP contribution >= 0.6 is 0 Å². The molecule has 3 atom stereocenters. The first kappa shape index (κ1) is 14.5. The quantitative estimate of drug-likeness (QED) is 0.818. The van der Waals surface area contributed by atoms with Crippen molar-refractivity contribution in [2.75, 3.05) is 6.54 Å². The first-order valence-corrected chi connectivity index (χ1v) is 7.63. The Bertz CT molecular complexity index is 416. The largest absolute Gasteiger partial charge is 0.310 e. The van der Waals surface area contributed by atoms with Gasteiger partial charge in [0.25, 0.3) is 0 Å². The molecule has 1 aromatic carbocycles. The van der Waals surface area contributed by atoms with Gasteiger partial charge in [-0.05, 0) is 61.4 Å². The van der Waals surface area contributed by atoms with Crippen molar-refractivity contribution < 1.29 is 4.39 Å². The van der Waals surface area contributed by atoms with Gasteiger partial charge in [-0.3, -0.25) is 0 Å². The minimum Gasteiger partial charge on any atom is -0.310 e. The van der Waals surface area contributed by atoms with Gasteiger partial charge in [-0.25, -0.2) is 4.39 Å². The molecule has 2 rings (SSSR count). The van der Waals surface area contributed by atoms with Gasteiger partial charge in [0.2, 0.25) is 0 Å². The van der Waals surface area contributed by atoms with Gasteiger partial charge in [-0.1, -0.05) is 32.8 Å². The molecule has 1 N–H and O–H groups in total. The summed E-state index contributed by atoms with van der Waals surface area (Å²) in [6.45, 7) is 7.61. The van der Waals surface area contributed by atoms with E-state index in [4.69, 9.17) is 0 Å². The van der Waals surface area contributed by atoms with E-state index in [0.29, 0.717) is 12.0 Å². The van der Waals surface area contributed by atoms with Gasteiger partial charge in [0.05, 0.1) is 0 Å². The molecular weight excluding hydrogens is 237 g/mol. The predicted octanol–water partition coefficient (Wildman–Crippen LogP) is 4.61. The Balaban J connectivity index is 2.25. The maximum atomic E-state index is 13.3. The Kier molecular flexibility index (Phi) is 4.98. The summed E-state index contributed by atoms with van der Waals surface area (Å²) in [4.78, 5) is 0. The molecule has 0 bridgehead atoms. The molecule has 3 unspecified atom stereocenters. The summed E-state index contributed by atoms with van der Waals surface area (Å²) in [5, 5.41) is 3.70. The van der Waals surface area contributed by atoms with Crippen LogP contribution in [0.2, 0.25) is 0 Å². The second-order valence-electron chi connectivity index (χ2n) is 6.00. The lowest BCUT2D eigenvalue weighted by Gasteiger charge is -2.29. The zero-order valence-corrected chi connectivity index (χ0v) is 12.4. The van der Waals surface area contributed by atoms with E-state index in [1.165, 1.54) is 24.8 Å². The number of halogens is 1.